The Kier molecular flexibility index (Phi) is 10.4. The first-order valence-corrected chi connectivity index (χ1v) is 7.22. The van der Waals surface area contributed by atoms with E-state index in [0.717, 1.165) is 12.8 Å². The second kappa shape index (κ2) is 10.3. The van der Waals surface area contributed by atoms with Crippen LogP contribution in [0.1, 0.15) is 39.0 Å². The summed E-state index contributed by atoms with van der Waals surface area (Å²) in [6.07, 6.45) is 4.97. The van der Waals surface area contributed by atoms with Crippen molar-refractivity contribution in [2.45, 2.75) is 39.0 Å². The molecule has 1 aliphatic heterocycles. The fraction of sp³-hybridized carbons (Fsp3) is 0.889. The maximum absolute atomic E-state index is 9.76. The van der Waals surface area contributed by atoms with Crippen molar-refractivity contribution in [1.29, 1.82) is 0 Å². The minimum atomic E-state index is -0.693. The summed E-state index contributed by atoms with van der Waals surface area (Å²) in [4.78, 5) is 9.76. The standard InChI is InChI=1S/C5H10O2.C4H8S2/c1-2-3-4-5(6)7;1-2-4-6-5-3-1/h2-4H2,1H3,(H,6,7);1-4H2. The Bertz CT molecular complexity index is 113. The van der Waals surface area contributed by atoms with E-state index in [1.807, 2.05) is 28.5 Å². The summed E-state index contributed by atoms with van der Waals surface area (Å²) in [6, 6.07) is 0. The van der Waals surface area contributed by atoms with Crippen LogP contribution in [-0.4, -0.2) is 22.6 Å². The van der Waals surface area contributed by atoms with Gasteiger partial charge in [-0.05, 0) is 19.3 Å². The molecule has 1 rings (SSSR count). The summed E-state index contributed by atoms with van der Waals surface area (Å²) in [6.45, 7) is 1.98. The number of hydrogen-bond donors (Lipinski definition) is 1. The monoisotopic (exact) mass is 222 g/mol. The maximum Gasteiger partial charge on any atom is 0.303 e. The Morgan fingerprint density at radius 1 is 1.31 bits per heavy atom. The molecular formula is C9H18O2S2. The molecule has 78 valence electrons. The lowest BCUT2D eigenvalue weighted by Gasteiger charge is -2.04. The van der Waals surface area contributed by atoms with Crippen LogP contribution in [0.3, 0.4) is 0 Å². The van der Waals surface area contributed by atoms with E-state index in [4.69, 9.17) is 5.11 Å². The third-order valence-corrected chi connectivity index (χ3v) is 4.11. The van der Waals surface area contributed by atoms with Crippen LogP contribution in [0.15, 0.2) is 0 Å². The Labute approximate surface area is 88.3 Å². The maximum atomic E-state index is 9.76. The van der Waals surface area contributed by atoms with Gasteiger partial charge in [0.05, 0.1) is 0 Å². The van der Waals surface area contributed by atoms with Gasteiger partial charge < -0.3 is 5.11 Å². The lowest BCUT2D eigenvalue weighted by Crippen LogP contribution is -1.91. The van der Waals surface area contributed by atoms with Gasteiger partial charge in [-0.15, -0.1) is 0 Å². The van der Waals surface area contributed by atoms with Crippen LogP contribution in [0.25, 0.3) is 0 Å². The largest absolute Gasteiger partial charge is 0.481 e. The molecule has 0 aromatic rings. The highest BCUT2D eigenvalue weighted by Crippen LogP contribution is 2.28. The molecule has 13 heavy (non-hydrogen) atoms. The number of carboxylic acid groups (broad SMARTS) is 1. The Morgan fingerprint density at radius 2 is 1.85 bits per heavy atom. The first-order chi connectivity index (χ1) is 6.27. The summed E-state index contributed by atoms with van der Waals surface area (Å²) in [5.41, 5.74) is 0. The zero-order valence-electron chi connectivity index (χ0n) is 8.12. The summed E-state index contributed by atoms with van der Waals surface area (Å²) >= 11 is 0. The number of hydrogen-bond acceptors (Lipinski definition) is 3. The van der Waals surface area contributed by atoms with Crippen LogP contribution >= 0.6 is 21.6 Å². The summed E-state index contributed by atoms with van der Waals surface area (Å²) < 4.78 is 0. The Balaban J connectivity index is 0.000000223. The van der Waals surface area contributed by atoms with Crippen molar-refractivity contribution in [2.24, 2.45) is 0 Å². The van der Waals surface area contributed by atoms with E-state index in [9.17, 15) is 4.79 Å². The van der Waals surface area contributed by atoms with Crippen LogP contribution in [0.2, 0.25) is 0 Å². The SMILES string of the molecule is C1CCSSC1.CCCCC(=O)O. The number of carboxylic acids is 1. The fourth-order valence-corrected chi connectivity index (χ4v) is 3.06. The molecule has 1 N–H and O–H groups in total. The summed E-state index contributed by atoms with van der Waals surface area (Å²) in [7, 11) is 4.02. The van der Waals surface area contributed by atoms with Gasteiger partial charge in [-0.1, -0.05) is 34.9 Å². The minimum Gasteiger partial charge on any atom is -0.481 e. The molecule has 1 saturated heterocycles. The van der Waals surface area contributed by atoms with Gasteiger partial charge in [0, 0.05) is 17.9 Å². The molecule has 4 heteroatoms. The van der Waals surface area contributed by atoms with Crippen LogP contribution < -0.4 is 0 Å². The lowest BCUT2D eigenvalue weighted by atomic mass is 10.3. The van der Waals surface area contributed by atoms with Gasteiger partial charge >= 0.3 is 5.97 Å². The zero-order chi connectivity index (χ0) is 9.94. The molecular weight excluding hydrogens is 204 g/mol. The number of aliphatic carboxylic acids is 1. The van der Waals surface area contributed by atoms with Gasteiger partial charge in [0.25, 0.3) is 0 Å². The number of carbonyl (C=O) groups is 1. The topological polar surface area (TPSA) is 37.3 Å². The minimum absolute atomic E-state index is 0.316. The van der Waals surface area contributed by atoms with Crippen molar-refractivity contribution >= 4 is 27.6 Å². The van der Waals surface area contributed by atoms with Crippen molar-refractivity contribution < 1.29 is 9.90 Å². The van der Waals surface area contributed by atoms with E-state index in [1.165, 1.54) is 24.3 Å². The molecule has 0 amide bonds. The summed E-state index contributed by atoms with van der Waals surface area (Å²) in [5.74, 6) is 2.07. The average Bonchev–Trinajstić information content (AvgIpc) is 2.18. The van der Waals surface area contributed by atoms with Gasteiger partial charge in [-0.25, -0.2) is 0 Å². The summed E-state index contributed by atoms with van der Waals surface area (Å²) in [5, 5.41) is 8.04. The van der Waals surface area contributed by atoms with Gasteiger partial charge in [-0.2, -0.15) is 0 Å². The van der Waals surface area contributed by atoms with Gasteiger partial charge in [-0.3, -0.25) is 4.79 Å². The number of unbranched alkanes of at least 4 members (excludes halogenated alkanes) is 1. The van der Waals surface area contributed by atoms with Gasteiger partial charge in [0.2, 0.25) is 0 Å². The molecule has 0 aromatic heterocycles. The molecule has 1 heterocycles. The fourth-order valence-electron chi connectivity index (χ4n) is 0.768. The zero-order valence-corrected chi connectivity index (χ0v) is 9.75. The highest BCUT2D eigenvalue weighted by molar-refractivity contribution is 8.76. The molecule has 0 radical (unpaired) electrons. The molecule has 0 unspecified atom stereocenters. The van der Waals surface area contributed by atoms with E-state index in [2.05, 4.69) is 0 Å². The molecule has 0 atom stereocenters. The second-order valence-corrected chi connectivity index (χ2v) is 5.55. The third-order valence-electron chi connectivity index (χ3n) is 1.53. The predicted octanol–water partition coefficient (Wildman–Crippen LogP) is 3.42. The highest BCUT2D eigenvalue weighted by Gasteiger charge is 1.96. The first kappa shape index (κ1) is 13.2. The van der Waals surface area contributed by atoms with Crippen molar-refractivity contribution in [3.05, 3.63) is 0 Å². The molecule has 1 fully saturated rings. The molecule has 0 saturated carbocycles. The van der Waals surface area contributed by atoms with Crippen LogP contribution in [0.4, 0.5) is 0 Å². The predicted molar refractivity (Wildman–Crippen MR) is 61.3 cm³/mol. The van der Waals surface area contributed by atoms with Crippen LogP contribution in [0, 0.1) is 0 Å². The van der Waals surface area contributed by atoms with Crippen LogP contribution in [0.5, 0.6) is 0 Å². The smallest absolute Gasteiger partial charge is 0.303 e. The van der Waals surface area contributed by atoms with Crippen molar-refractivity contribution in [3.8, 4) is 0 Å². The van der Waals surface area contributed by atoms with Crippen molar-refractivity contribution in [2.75, 3.05) is 11.5 Å². The molecule has 0 spiro atoms. The first-order valence-electron chi connectivity index (χ1n) is 4.73. The van der Waals surface area contributed by atoms with Crippen LogP contribution in [-0.2, 0) is 4.79 Å². The highest BCUT2D eigenvalue weighted by atomic mass is 33.1. The van der Waals surface area contributed by atoms with Crippen molar-refractivity contribution in [3.63, 3.8) is 0 Å². The normalized spacial score (nSPS) is 15.8. The molecule has 0 aliphatic carbocycles. The molecule has 0 bridgehead atoms. The second-order valence-electron chi connectivity index (χ2n) is 2.85. The Hall–Kier alpha value is 0.170. The van der Waals surface area contributed by atoms with E-state index < -0.39 is 5.97 Å². The van der Waals surface area contributed by atoms with E-state index in [-0.39, 0.29) is 0 Å². The average molecular weight is 222 g/mol. The van der Waals surface area contributed by atoms with E-state index >= 15 is 0 Å². The van der Waals surface area contributed by atoms with Crippen molar-refractivity contribution in [1.82, 2.24) is 0 Å². The molecule has 1 aliphatic rings. The van der Waals surface area contributed by atoms with E-state index in [0.29, 0.717) is 6.42 Å². The molecule has 0 aromatic carbocycles. The molecule has 2 nitrogen and oxygen atoms in total. The van der Waals surface area contributed by atoms with Gasteiger partial charge in [0.15, 0.2) is 0 Å². The van der Waals surface area contributed by atoms with Gasteiger partial charge in [0.1, 0.15) is 0 Å². The lowest BCUT2D eigenvalue weighted by molar-refractivity contribution is -0.137. The van der Waals surface area contributed by atoms with E-state index in [1.54, 1.807) is 0 Å². The third kappa shape index (κ3) is 12.2. The quantitative estimate of drug-likeness (QED) is 0.742. The Morgan fingerprint density at radius 3 is 2.00 bits per heavy atom. The number of rotatable bonds is 3.